The smallest absolute Gasteiger partial charge is 0.319 e. The summed E-state index contributed by atoms with van der Waals surface area (Å²) < 4.78 is 0. The number of nitrogens with one attached hydrogen (secondary N) is 2. The highest BCUT2D eigenvalue weighted by Crippen LogP contribution is 2.06. The molecule has 0 aliphatic rings. The number of carbonyl (C=O) groups excluding carboxylic acids is 1. The fourth-order valence-corrected chi connectivity index (χ4v) is 1.43. The second-order valence-electron chi connectivity index (χ2n) is 3.77. The van der Waals surface area contributed by atoms with Crippen molar-refractivity contribution < 1.29 is 4.79 Å². The molecule has 5 nitrogen and oxygen atoms in total. The summed E-state index contributed by atoms with van der Waals surface area (Å²) in [5, 5.41) is 5.42. The molecule has 2 amide bonds. The maximum atomic E-state index is 11.6. The van der Waals surface area contributed by atoms with Gasteiger partial charge in [0.2, 0.25) is 0 Å². The zero-order chi connectivity index (χ0) is 12.8. The molecule has 1 aromatic carbocycles. The number of anilines is 2. The maximum absolute atomic E-state index is 11.6. The zero-order valence-electron chi connectivity index (χ0n) is 9.76. The van der Waals surface area contributed by atoms with Gasteiger partial charge >= 0.3 is 6.03 Å². The molecular formula is C13H14N4O. The van der Waals surface area contributed by atoms with Crippen molar-refractivity contribution >= 4 is 17.5 Å². The van der Waals surface area contributed by atoms with Crippen LogP contribution in [0.5, 0.6) is 0 Å². The first-order valence-electron chi connectivity index (χ1n) is 5.54. The molecule has 0 unspecified atom stereocenters. The molecule has 18 heavy (non-hydrogen) atoms. The van der Waals surface area contributed by atoms with E-state index in [-0.39, 0.29) is 6.03 Å². The molecule has 0 saturated heterocycles. The van der Waals surface area contributed by atoms with Gasteiger partial charge in [0.05, 0.1) is 11.9 Å². The summed E-state index contributed by atoms with van der Waals surface area (Å²) in [5.74, 6) is 0.422. The van der Waals surface area contributed by atoms with Gasteiger partial charge in [-0.05, 0) is 17.7 Å². The van der Waals surface area contributed by atoms with E-state index < -0.39 is 0 Å². The predicted octanol–water partition coefficient (Wildman–Crippen LogP) is 1.99. The standard InChI is InChI=1S/C13H14N4O/c14-12-7-6-11(9-15-12)17-13(18)16-8-10-4-2-1-3-5-10/h1-7,9H,8H2,(H2,14,15)(H2,16,17,18). The molecule has 0 bridgehead atoms. The van der Waals surface area contributed by atoms with E-state index in [4.69, 9.17) is 5.73 Å². The van der Waals surface area contributed by atoms with E-state index in [1.807, 2.05) is 30.3 Å². The summed E-state index contributed by atoms with van der Waals surface area (Å²) in [7, 11) is 0. The van der Waals surface area contributed by atoms with Crippen molar-refractivity contribution in [2.45, 2.75) is 6.54 Å². The Bertz CT molecular complexity index is 510. The number of rotatable bonds is 3. The van der Waals surface area contributed by atoms with Crippen molar-refractivity contribution in [1.29, 1.82) is 0 Å². The summed E-state index contributed by atoms with van der Waals surface area (Å²) in [6, 6.07) is 12.7. The molecule has 1 heterocycles. The van der Waals surface area contributed by atoms with E-state index >= 15 is 0 Å². The van der Waals surface area contributed by atoms with Gasteiger partial charge in [-0.1, -0.05) is 30.3 Å². The normalized spacial score (nSPS) is 9.78. The Labute approximate surface area is 105 Å². The topological polar surface area (TPSA) is 80.0 Å². The van der Waals surface area contributed by atoms with Gasteiger partial charge in [-0.25, -0.2) is 9.78 Å². The van der Waals surface area contributed by atoms with Crippen molar-refractivity contribution in [3.8, 4) is 0 Å². The van der Waals surface area contributed by atoms with Crippen molar-refractivity contribution in [2.24, 2.45) is 0 Å². The van der Waals surface area contributed by atoms with Crippen molar-refractivity contribution in [3.05, 3.63) is 54.2 Å². The van der Waals surface area contributed by atoms with Crippen LogP contribution in [0, 0.1) is 0 Å². The van der Waals surface area contributed by atoms with Gasteiger partial charge in [-0.3, -0.25) is 0 Å². The number of pyridine rings is 1. The van der Waals surface area contributed by atoms with Gasteiger partial charge in [0.25, 0.3) is 0 Å². The van der Waals surface area contributed by atoms with Gasteiger partial charge in [0.1, 0.15) is 5.82 Å². The number of nitrogens with two attached hydrogens (primary N) is 1. The molecular weight excluding hydrogens is 228 g/mol. The fraction of sp³-hybridized carbons (Fsp3) is 0.0769. The molecule has 5 heteroatoms. The number of nitrogens with zero attached hydrogens (tertiary/aromatic N) is 1. The van der Waals surface area contributed by atoms with Crippen LogP contribution in [0.2, 0.25) is 0 Å². The Balaban J connectivity index is 1.84. The largest absolute Gasteiger partial charge is 0.384 e. The van der Waals surface area contributed by atoms with Crippen LogP contribution in [-0.4, -0.2) is 11.0 Å². The molecule has 0 spiro atoms. The number of amides is 2. The van der Waals surface area contributed by atoms with Crippen molar-refractivity contribution in [3.63, 3.8) is 0 Å². The second kappa shape index (κ2) is 5.67. The Hall–Kier alpha value is -2.56. The highest BCUT2D eigenvalue weighted by atomic mass is 16.2. The van der Waals surface area contributed by atoms with E-state index in [9.17, 15) is 4.79 Å². The third kappa shape index (κ3) is 3.48. The molecule has 1 aromatic heterocycles. The van der Waals surface area contributed by atoms with E-state index in [1.54, 1.807) is 12.1 Å². The van der Waals surface area contributed by atoms with Gasteiger partial charge in [-0.15, -0.1) is 0 Å². The Morgan fingerprint density at radius 2 is 1.94 bits per heavy atom. The second-order valence-corrected chi connectivity index (χ2v) is 3.77. The zero-order valence-corrected chi connectivity index (χ0v) is 9.76. The fourth-order valence-electron chi connectivity index (χ4n) is 1.43. The van der Waals surface area contributed by atoms with Crippen molar-refractivity contribution in [1.82, 2.24) is 10.3 Å². The lowest BCUT2D eigenvalue weighted by molar-refractivity contribution is 0.251. The predicted molar refractivity (Wildman–Crippen MR) is 70.9 cm³/mol. The van der Waals surface area contributed by atoms with E-state index in [2.05, 4.69) is 15.6 Å². The molecule has 0 radical (unpaired) electrons. The number of benzene rings is 1. The van der Waals surface area contributed by atoms with E-state index in [0.717, 1.165) is 5.56 Å². The number of carbonyl (C=O) groups is 1. The third-order valence-electron chi connectivity index (χ3n) is 2.34. The average molecular weight is 242 g/mol. The molecule has 92 valence electrons. The minimum atomic E-state index is -0.273. The molecule has 0 aliphatic carbocycles. The summed E-state index contributed by atoms with van der Waals surface area (Å²) in [6.45, 7) is 0.481. The number of aromatic nitrogens is 1. The summed E-state index contributed by atoms with van der Waals surface area (Å²) >= 11 is 0. The lowest BCUT2D eigenvalue weighted by Gasteiger charge is -2.07. The minimum Gasteiger partial charge on any atom is -0.384 e. The van der Waals surface area contributed by atoms with E-state index in [0.29, 0.717) is 18.1 Å². The Morgan fingerprint density at radius 3 is 2.61 bits per heavy atom. The summed E-state index contributed by atoms with van der Waals surface area (Å²) in [4.78, 5) is 15.5. The number of hydrogen-bond acceptors (Lipinski definition) is 3. The first kappa shape index (κ1) is 11.9. The highest BCUT2D eigenvalue weighted by Gasteiger charge is 2.01. The molecule has 2 rings (SSSR count). The van der Waals surface area contributed by atoms with Crippen LogP contribution in [0.1, 0.15) is 5.56 Å². The van der Waals surface area contributed by atoms with E-state index in [1.165, 1.54) is 6.20 Å². The third-order valence-corrected chi connectivity index (χ3v) is 2.34. The molecule has 0 fully saturated rings. The summed E-state index contributed by atoms with van der Waals surface area (Å²) in [6.07, 6.45) is 1.51. The van der Waals surface area contributed by atoms with Crippen LogP contribution in [0.3, 0.4) is 0 Å². The molecule has 0 atom stereocenters. The monoisotopic (exact) mass is 242 g/mol. The first-order valence-corrected chi connectivity index (χ1v) is 5.54. The van der Waals surface area contributed by atoms with Crippen LogP contribution >= 0.6 is 0 Å². The van der Waals surface area contributed by atoms with Gasteiger partial charge in [-0.2, -0.15) is 0 Å². The Morgan fingerprint density at radius 1 is 1.17 bits per heavy atom. The van der Waals surface area contributed by atoms with Gasteiger partial charge in [0, 0.05) is 6.54 Å². The van der Waals surface area contributed by atoms with Crippen LogP contribution in [-0.2, 0) is 6.54 Å². The van der Waals surface area contributed by atoms with Crippen LogP contribution in [0.25, 0.3) is 0 Å². The first-order chi connectivity index (χ1) is 8.74. The van der Waals surface area contributed by atoms with Gasteiger partial charge < -0.3 is 16.4 Å². The minimum absolute atomic E-state index is 0.273. The van der Waals surface area contributed by atoms with Crippen LogP contribution in [0.4, 0.5) is 16.3 Å². The lowest BCUT2D eigenvalue weighted by Crippen LogP contribution is -2.28. The SMILES string of the molecule is Nc1ccc(NC(=O)NCc2ccccc2)cn1. The molecule has 0 aliphatic heterocycles. The van der Waals surface area contributed by atoms with Crippen molar-refractivity contribution in [2.75, 3.05) is 11.1 Å². The number of nitrogen functional groups attached to an aromatic ring is 1. The molecule has 4 N–H and O–H groups in total. The van der Waals surface area contributed by atoms with Crippen LogP contribution < -0.4 is 16.4 Å². The number of urea groups is 1. The highest BCUT2D eigenvalue weighted by molar-refractivity contribution is 5.89. The summed E-state index contributed by atoms with van der Waals surface area (Å²) in [5.41, 5.74) is 7.10. The quantitative estimate of drug-likeness (QED) is 0.770. The van der Waals surface area contributed by atoms with Gasteiger partial charge in [0.15, 0.2) is 0 Å². The molecule has 2 aromatic rings. The number of hydrogen-bond donors (Lipinski definition) is 3. The Kier molecular flexibility index (Phi) is 3.76. The maximum Gasteiger partial charge on any atom is 0.319 e. The lowest BCUT2D eigenvalue weighted by atomic mass is 10.2. The average Bonchev–Trinajstić information content (AvgIpc) is 2.40. The molecule has 0 saturated carbocycles. The van der Waals surface area contributed by atoms with Crippen LogP contribution in [0.15, 0.2) is 48.7 Å².